The average Bonchev–Trinajstić information content (AvgIpc) is 3.11. The van der Waals surface area contributed by atoms with Crippen molar-refractivity contribution in [3.05, 3.63) is 59.1 Å². The molecule has 0 radical (unpaired) electrons. The molecule has 20 heavy (non-hydrogen) atoms. The molecule has 1 aromatic carbocycles. The molecule has 1 nitrogen and oxygen atoms in total. The zero-order valence-electron chi connectivity index (χ0n) is 11.6. The van der Waals surface area contributed by atoms with Gasteiger partial charge in [0.1, 0.15) is 5.76 Å². The Hall–Kier alpha value is -1.76. The normalized spacial score (nSPS) is 26.8. The molecule has 1 aromatic heterocycles. The maximum Gasteiger partial charge on any atom is 0.119 e. The zero-order valence-corrected chi connectivity index (χ0v) is 11.6. The van der Waals surface area contributed by atoms with Crippen LogP contribution in [0.5, 0.6) is 0 Å². The summed E-state index contributed by atoms with van der Waals surface area (Å²) in [5.41, 5.74) is 7.73. The Morgan fingerprint density at radius 2 is 1.85 bits per heavy atom. The lowest BCUT2D eigenvalue weighted by molar-refractivity contribution is 0.451. The van der Waals surface area contributed by atoms with Gasteiger partial charge in [0.2, 0.25) is 0 Å². The molecule has 2 atom stereocenters. The van der Waals surface area contributed by atoms with Crippen LogP contribution in [0, 0.1) is 0 Å². The minimum atomic E-state index is 0.533. The van der Waals surface area contributed by atoms with Crippen LogP contribution >= 0.6 is 0 Å². The summed E-state index contributed by atoms with van der Waals surface area (Å²) in [7, 11) is 0. The number of rotatable bonds is 0. The van der Waals surface area contributed by atoms with Gasteiger partial charge < -0.3 is 4.42 Å². The fourth-order valence-corrected chi connectivity index (χ4v) is 4.71. The molecule has 0 unspecified atom stereocenters. The third-order valence-corrected chi connectivity index (χ3v) is 5.50. The highest BCUT2D eigenvalue weighted by Crippen LogP contribution is 2.59. The van der Waals surface area contributed by atoms with Crippen molar-refractivity contribution in [2.75, 3.05) is 0 Å². The molecule has 0 amide bonds. The van der Waals surface area contributed by atoms with Gasteiger partial charge in [0.05, 0.1) is 6.26 Å². The maximum absolute atomic E-state index is 5.94. The SMILES string of the molecule is c1ccc2c(c1)-c1ccoc1[C@@H]1C3=C(CCCC3)C[C@H]21. The molecule has 0 aliphatic heterocycles. The first-order valence-corrected chi connectivity index (χ1v) is 7.81. The van der Waals surface area contributed by atoms with E-state index in [0.717, 1.165) is 0 Å². The van der Waals surface area contributed by atoms with E-state index in [2.05, 4.69) is 30.3 Å². The third-order valence-electron chi connectivity index (χ3n) is 5.50. The highest BCUT2D eigenvalue weighted by molar-refractivity contribution is 5.75. The van der Waals surface area contributed by atoms with Crippen molar-refractivity contribution in [1.82, 2.24) is 0 Å². The number of allylic oxidation sites excluding steroid dienone is 2. The van der Waals surface area contributed by atoms with Crippen molar-refractivity contribution in [2.45, 2.75) is 43.9 Å². The molecule has 0 saturated heterocycles. The Morgan fingerprint density at radius 3 is 2.85 bits per heavy atom. The molecular formula is C19H18O. The molecule has 0 N–H and O–H groups in total. The summed E-state index contributed by atoms with van der Waals surface area (Å²) in [5, 5.41) is 0. The molecule has 1 heterocycles. The maximum atomic E-state index is 5.94. The van der Waals surface area contributed by atoms with E-state index in [1.807, 2.05) is 6.26 Å². The van der Waals surface area contributed by atoms with Gasteiger partial charge in [-0.25, -0.2) is 0 Å². The number of fused-ring (bicyclic) bond motifs is 7. The second kappa shape index (κ2) is 3.88. The molecule has 2 aromatic rings. The average molecular weight is 262 g/mol. The summed E-state index contributed by atoms with van der Waals surface area (Å²) < 4.78 is 5.94. The molecule has 0 bridgehead atoms. The van der Waals surface area contributed by atoms with Crippen molar-refractivity contribution < 1.29 is 4.42 Å². The van der Waals surface area contributed by atoms with Crippen LogP contribution < -0.4 is 0 Å². The smallest absolute Gasteiger partial charge is 0.119 e. The number of benzene rings is 1. The summed E-state index contributed by atoms with van der Waals surface area (Å²) in [6.45, 7) is 0. The summed E-state index contributed by atoms with van der Waals surface area (Å²) in [5.74, 6) is 2.40. The van der Waals surface area contributed by atoms with Gasteiger partial charge in [0, 0.05) is 17.4 Å². The second-order valence-electron chi connectivity index (χ2n) is 6.41. The van der Waals surface area contributed by atoms with Gasteiger partial charge in [-0.2, -0.15) is 0 Å². The second-order valence-corrected chi connectivity index (χ2v) is 6.41. The predicted octanol–water partition coefficient (Wildman–Crippen LogP) is 5.40. The molecule has 1 heteroatoms. The van der Waals surface area contributed by atoms with Crippen molar-refractivity contribution in [3.63, 3.8) is 0 Å². The molecule has 0 spiro atoms. The first-order valence-electron chi connectivity index (χ1n) is 7.81. The van der Waals surface area contributed by atoms with Crippen LogP contribution in [0.15, 0.2) is 52.2 Å². The van der Waals surface area contributed by atoms with Crippen molar-refractivity contribution in [2.24, 2.45) is 0 Å². The minimum Gasteiger partial charge on any atom is -0.468 e. The molecule has 3 aliphatic rings. The molecule has 100 valence electrons. The third kappa shape index (κ3) is 1.28. The molecule has 5 rings (SSSR count). The first kappa shape index (κ1) is 11.0. The van der Waals surface area contributed by atoms with Gasteiger partial charge in [-0.15, -0.1) is 0 Å². The van der Waals surface area contributed by atoms with E-state index in [1.54, 1.807) is 16.7 Å². The summed E-state index contributed by atoms with van der Waals surface area (Å²) >= 11 is 0. The topological polar surface area (TPSA) is 13.1 Å². The van der Waals surface area contributed by atoms with E-state index < -0.39 is 0 Å². The zero-order chi connectivity index (χ0) is 13.1. The van der Waals surface area contributed by atoms with Crippen LogP contribution in [0.2, 0.25) is 0 Å². The fourth-order valence-electron chi connectivity index (χ4n) is 4.71. The van der Waals surface area contributed by atoms with Gasteiger partial charge in [-0.3, -0.25) is 0 Å². The molecular weight excluding hydrogens is 244 g/mol. The summed E-state index contributed by atoms with van der Waals surface area (Å²) in [4.78, 5) is 0. The Morgan fingerprint density at radius 1 is 0.950 bits per heavy atom. The highest BCUT2D eigenvalue weighted by Gasteiger charge is 2.43. The van der Waals surface area contributed by atoms with Crippen LogP contribution in [0.1, 0.15) is 55.3 Å². The van der Waals surface area contributed by atoms with E-state index in [1.165, 1.54) is 49.0 Å². The Kier molecular flexibility index (Phi) is 2.13. The van der Waals surface area contributed by atoms with E-state index in [-0.39, 0.29) is 0 Å². The monoisotopic (exact) mass is 262 g/mol. The lowest BCUT2D eigenvalue weighted by Gasteiger charge is -2.29. The Labute approximate surface area is 119 Å². The quantitative estimate of drug-likeness (QED) is 0.579. The minimum absolute atomic E-state index is 0.533. The lowest BCUT2D eigenvalue weighted by Crippen LogP contribution is -2.14. The van der Waals surface area contributed by atoms with Crippen LogP contribution in [0.25, 0.3) is 11.1 Å². The summed E-state index contributed by atoms with van der Waals surface area (Å²) in [6.07, 6.45) is 8.49. The number of hydrogen-bond acceptors (Lipinski definition) is 1. The fraction of sp³-hybridized carbons (Fsp3) is 0.368. The molecule has 3 aliphatic carbocycles. The largest absolute Gasteiger partial charge is 0.468 e. The Bertz CT molecular complexity index is 719. The standard InChI is InChI=1S/C19H18O/c1-2-6-13-12(5-1)11-17-15-8-4-3-7-14(15)16-9-10-20-19(16)18(13)17/h3-4,7-10,17-18H,1-2,5-6,11H2/t17-,18-/m1/s1. The summed E-state index contributed by atoms with van der Waals surface area (Å²) in [6, 6.07) is 11.1. The van der Waals surface area contributed by atoms with Crippen molar-refractivity contribution in [1.29, 1.82) is 0 Å². The van der Waals surface area contributed by atoms with Crippen molar-refractivity contribution >= 4 is 0 Å². The van der Waals surface area contributed by atoms with Gasteiger partial charge in [-0.05, 0) is 49.3 Å². The number of furan rings is 1. The van der Waals surface area contributed by atoms with Crippen LogP contribution in [0.3, 0.4) is 0 Å². The molecule has 0 fully saturated rings. The van der Waals surface area contributed by atoms with Gasteiger partial charge >= 0.3 is 0 Å². The van der Waals surface area contributed by atoms with Crippen molar-refractivity contribution in [3.8, 4) is 11.1 Å². The van der Waals surface area contributed by atoms with Crippen LogP contribution in [0.4, 0.5) is 0 Å². The first-order chi connectivity index (χ1) is 9.93. The van der Waals surface area contributed by atoms with E-state index in [0.29, 0.717) is 11.8 Å². The lowest BCUT2D eigenvalue weighted by atomic mass is 9.74. The van der Waals surface area contributed by atoms with E-state index in [9.17, 15) is 0 Å². The highest BCUT2D eigenvalue weighted by atomic mass is 16.3. The van der Waals surface area contributed by atoms with Crippen LogP contribution in [-0.4, -0.2) is 0 Å². The van der Waals surface area contributed by atoms with Gasteiger partial charge in [0.15, 0.2) is 0 Å². The van der Waals surface area contributed by atoms with E-state index >= 15 is 0 Å². The predicted molar refractivity (Wildman–Crippen MR) is 79.7 cm³/mol. The van der Waals surface area contributed by atoms with Crippen LogP contribution in [-0.2, 0) is 0 Å². The number of hydrogen-bond donors (Lipinski definition) is 0. The van der Waals surface area contributed by atoms with Gasteiger partial charge in [-0.1, -0.05) is 35.4 Å². The Balaban J connectivity index is 1.76. The molecule has 0 saturated carbocycles. The van der Waals surface area contributed by atoms with E-state index in [4.69, 9.17) is 4.42 Å². The van der Waals surface area contributed by atoms with Gasteiger partial charge in [0.25, 0.3) is 0 Å².